The standard InChI is InChI=1S/C15H9Cl2F2NO3/c16-8-4-5-10(18)12(6-8)20-13(21)7-23-15(22)14-9(17)2-1-3-11(14)19/h1-6H,7H2,(H,20,21). The van der Waals surface area contributed by atoms with E-state index in [4.69, 9.17) is 23.2 Å². The van der Waals surface area contributed by atoms with Crippen LogP contribution in [-0.4, -0.2) is 18.5 Å². The number of anilines is 1. The minimum Gasteiger partial charge on any atom is -0.452 e. The number of benzene rings is 2. The van der Waals surface area contributed by atoms with Crippen molar-refractivity contribution < 1.29 is 23.1 Å². The Morgan fingerprint density at radius 3 is 2.52 bits per heavy atom. The predicted molar refractivity (Wildman–Crippen MR) is 81.7 cm³/mol. The fourth-order valence-corrected chi connectivity index (χ4v) is 2.09. The third-order valence-corrected chi connectivity index (χ3v) is 3.25. The summed E-state index contributed by atoms with van der Waals surface area (Å²) in [5.74, 6) is -3.49. The Hall–Kier alpha value is -2.18. The molecule has 4 nitrogen and oxygen atoms in total. The molecule has 0 bridgehead atoms. The molecule has 0 aliphatic carbocycles. The third-order valence-electron chi connectivity index (χ3n) is 2.70. The van der Waals surface area contributed by atoms with E-state index in [9.17, 15) is 18.4 Å². The van der Waals surface area contributed by atoms with E-state index in [1.54, 1.807) is 0 Å². The summed E-state index contributed by atoms with van der Waals surface area (Å²) in [7, 11) is 0. The van der Waals surface area contributed by atoms with E-state index in [1.807, 2.05) is 0 Å². The molecule has 1 N–H and O–H groups in total. The molecule has 0 saturated heterocycles. The second-order valence-corrected chi connectivity index (χ2v) is 5.19. The Morgan fingerprint density at radius 1 is 1.09 bits per heavy atom. The van der Waals surface area contributed by atoms with Crippen molar-refractivity contribution in [2.75, 3.05) is 11.9 Å². The molecule has 0 unspecified atom stereocenters. The summed E-state index contributed by atoms with van der Waals surface area (Å²) < 4.78 is 31.6. The molecule has 0 aliphatic heterocycles. The molecule has 0 saturated carbocycles. The summed E-state index contributed by atoms with van der Waals surface area (Å²) in [6.45, 7) is -0.741. The number of nitrogens with one attached hydrogen (secondary N) is 1. The molecule has 0 aromatic heterocycles. The van der Waals surface area contributed by atoms with Crippen molar-refractivity contribution in [1.29, 1.82) is 0 Å². The van der Waals surface area contributed by atoms with E-state index in [1.165, 1.54) is 24.3 Å². The SMILES string of the molecule is O=C(COC(=O)c1c(F)cccc1Cl)Nc1cc(Cl)ccc1F. The van der Waals surface area contributed by atoms with Gasteiger partial charge in [-0.15, -0.1) is 0 Å². The number of ether oxygens (including phenoxy) is 1. The molecule has 23 heavy (non-hydrogen) atoms. The van der Waals surface area contributed by atoms with E-state index in [2.05, 4.69) is 10.1 Å². The molecule has 0 radical (unpaired) electrons. The lowest BCUT2D eigenvalue weighted by Gasteiger charge is -2.09. The Labute approximate surface area is 140 Å². The Bertz CT molecular complexity index is 748. The van der Waals surface area contributed by atoms with Crippen molar-refractivity contribution in [3.63, 3.8) is 0 Å². The first-order valence-electron chi connectivity index (χ1n) is 6.24. The second-order valence-electron chi connectivity index (χ2n) is 4.35. The third kappa shape index (κ3) is 4.40. The van der Waals surface area contributed by atoms with Crippen LogP contribution >= 0.6 is 23.2 Å². The first-order valence-corrected chi connectivity index (χ1v) is 7.00. The van der Waals surface area contributed by atoms with Crippen LogP contribution in [0.3, 0.4) is 0 Å². The summed E-state index contributed by atoms with van der Waals surface area (Å²) in [4.78, 5) is 23.4. The van der Waals surface area contributed by atoms with E-state index in [0.29, 0.717) is 0 Å². The summed E-state index contributed by atoms with van der Waals surface area (Å²) in [6, 6.07) is 7.25. The van der Waals surface area contributed by atoms with Crippen LogP contribution in [0, 0.1) is 11.6 Å². The van der Waals surface area contributed by atoms with Crippen molar-refractivity contribution in [1.82, 2.24) is 0 Å². The number of amides is 1. The zero-order chi connectivity index (χ0) is 17.0. The van der Waals surface area contributed by atoms with E-state index in [0.717, 1.165) is 12.1 Å². The molecule has 0 heterocycles. The first-order chi connectivity index (χ1) is 10.9. The van der Waals surface area contributed by atoms with Crippen molar-refractivity contribution in [2.45, 2.75) is 0 Å². The molecule has 0 fully saturated rings. The van der Waals surface area contributed by atoms with Gasteiger partial charge < -0.3 is 10.1 Å². The zero-order valence-corrected chi connectivity index (χ0v) is 12.9. The molecule has 0 atom stereocenters. The lowest BCUT2D eigenvalue weighted by Crippen LogP contribution is -2.22. The van der Waals surface area contributed by atoms with Crippen LogP contribution in [-0.2, 0) is 9.53 Å². The van der Waals surface area contributed by atoms with Crippen molar-refractivity contribution in [3.8, 4) is 0 Å². The molecule has 0 aliphatic rings. The molecular weight excluding hydrogens is 351 g/mol. The van der Waals surface area contributed by atoms with Gasteiger partial charge in [0.15, 0.2) is 6.61 Å². The lowest BCUT2D eigenvalue weighted by atomic mass is 10.2. The van der Waals surface area contributed by atoms with Gasteiger partial charge in [0.2, 0.25) is 0 Å². The van der Waals surface area contributed by atoms with Crippen molar-refractivity contribution in [3.05, 3.63) is 63.6 Å². The Kier molecular flexibility index (Phi) is 5.52. The number of carbonyl (C=O) groups excluding carboxylic acids is 2. The van der Waals surface area contributed by atoms with Gasteiger partial charge in [-0.25, -0.2) is 13.6 Å². The van der Waals surface area contributed by atoms with Gasteiger partial charge in [-0.3, -0.25) is 4.79 Å². The summed E-state index contributed by atoms with van der Waals surface area (Å²) in [5, 5.41) is 2.26. The maximum absolute atomic E-state index is 13.5. The monoisotopic (exact) mass is 359 g/mol. The van der Waals surface area contributed by atoms with E-state index in [-0.39, 0.29) is 15.7 Å². The predicted octanol–water partition coefficient (Wildman–Crippen LogP) is 4.07. The Balaban J connectivity index is 1.99. The van der Waals surface area contributed by atoms with Crippen LogP contribution in [0.2, 0.25) is 10.0 Å². The molecular formula is C15H9Cl2F2NO3. The topological polar surface area (TPSA) is 55.4 Å². The number of halogens is 4. The maximum Gasteiger partial charge on any atom is 0.343 e. The molecule has 120 valence electrons. The first kappa shape index (κ1) is 17.2. The minimum absolute atomic E-state index is 0.142. The highest BCUT2D eigenvalue weighted by atomic mass is 35.5. The van der Waals surface area contributed by atoms with Crippen LogP contribution in [0.1, 0.15) is 10.4 Å². The summed E-state index contributed by atoms with van der Waals surface area (Å²) in [6.07, 6.45) is 0. The average molecular weight is 360 g/mol. The van der Waals surface area contributed by atoms with Gasteiger partial charge in [-0.1, -0.05) is 29.3 Å². The number of hydrogen-bond acceptors (Lipinski definition) is 3. The fourth-order valence-electron chi connectivity index (χ4n) is 1.68. The van der Waals surface area contributed by atoms with Crippen LogP contribution in [0.5, 0.6) is 0 Å². The smallest absolute Gasteiger partial charge is 0.343 e. The summed E-state index contributed by atoms with van der Waals surface area (Å²) >= 11 is 11.4. The zero-order valence-electron chi connectivity index (χ0n) is 11.4. The molecule has 2 rings (SSSR count). The van der Waals surface area contributed by atoms with Crippen LogP contribution in [0.4, 0.5) is 14.5 Å². The second kappa shape index (κ2) is 7.39. The van der Waals surface area contributed by atoms with Crippen LogP contribution in [0.15, 0.2) is 36.4 Å². The average Bonchev–Trinajstić information content (AvgIpc) is 2.49. The van der Waals surface area contributed by atoms with Gasteiger partial charge in [0, 0.05) is 5.02 Å². The van der Waals surface area contributed by atoms with Gasteiger partial charge in [-0.2, -0.15) is 0 Å². The van der Waals surface area contributed by atoms with Crippen molar-refractivity contribution >= 4 is 40.8 Å². The molecule has 1 amide bonds. The molecule has 0 spiro atoms. The van der Waals surface area contributed by atoms with E-state index >= 15 is 0 Å². The van der Waals surface area contributed by atoms with Gasteiger partial charge >= 0.3 is 5.97 Å². The minimum atomic E-state index is -1.10. The largest absolute Gasteiger partial charge is 0.452 e. The lowest BCUT2D eigenvalue weighted by molar-refractivity contribution is -0.119. The normalized spacial score (nSPS) is 10.3. The molecule has 2 aromatic carbocycles. The highest BCUT2D eigenvalue weighted by Crippen LogP contribution is 2.21. The van der Waals surface area contributed by atoms with Crippen molar-refractivity contribution in [2.24, 2.45) is 0 Å². The number of carbonyl (C=O) groups is 2. The highest BCUT2D eigenvalue weighted by molar-refractivity contribution is 6.33. The Morgan fingerprint density at radius 2 is 1.83 bits per heavy atom. The summed E-state index contributed by atoms with van der Waals surface area (Å²) in [5.41, 5.74) is -0.640. The van der Waals surface area contributed by atoms with E-state index < -0.39 is 35.7 Å². The quantitative estimate of drug-likeness (QED) is 0.837. The molecule has 2 aromatic rings. The highest BCUT2D eigenvalue weighted by Gasteiger charge is 2.18. The van der Waals surface area contributed by atoms with Crippen LogP contribution < -0.4 is 5.32 Å². The van der Waals surface area contributed by atoms with Crippen LogP contribution in [0.25, 0.3) is 0 Å². The number of hydrogen-bond donors (Lipinski definition) is 1. The van der Waals surface area contributed by atoms with Gasteiger partial charge in [0.25, 0.3) is 5.91 Å². The molecule has 8 heteroatoms. The maximum atomic E-state index is 13.5. The van der Waals surface area contributed by atoms with Gasteiger partial charge in [0.05, 0.1) is 10.7 Å². The number of rotatable bonds is 4. The number of esters is 1. The fraction of sp³-hybridized carbons (Fsp3) is 0.0667. The van der Waals surface area contributed by atoms with Gasteiger partial charge in [-0.05, 0) is 30.3 Å². The van der Waals surface area contributed by atoms with Gasteiger partial charge in [0.1, 0.15) is 17.2 Å².